The van der Waals surface area contributed by atoms with E-state index < -0.39 is 0 Å². The van der Waals surface area contributed by atoms with Crippen molar-refractivity contribution in [2.75, 3.05) is 7.05 Å². The Morgan fingerprint density at radius 2 is 2.38 bits per heavy atom. The smallest absolute Gasteiger partial charge is 0.191 e. The van der Waals surface area contributed by atoms with Crippen molar-refractivity contribution in [3.05, 3.63) is 22.4 Å². The van der Waals surface area contributed by atoms with Gasteiger partial charge in [-0.05, 0) is 7.05 Å². The van der Waals surface area contributed by atoms with E-state index in [4.69, 9.17) is 0 Å². The minimum absolute atomic E-state index is 0.737. The molecule has 0 fully saturated rings. The molecule has 0 saturated carbocycles. The van der Waals surface area contributed by atoms with Gasteiger partial charge in [-0.1, -0.05) is 11.8 Å². The average molecular weight is 255 g/mol. The molecule has 2 aromatic heterocycles. The molecule has 0 aliphatic rings. The van der Waals surface area contributed by atoms with Gasteiger partial charge in [0, 0.05) is 18.2 Å². The van der Waals surface area contributed by atoms with Gasteiger partial charge < -0.3 is 9.88 Å². The number of thiazole rings is 1. The molecule has 0 saturated heterocycles. The first-order valence-electron chi connectivity index (χ1n) is 4.84. The minimum atomic E-state index is 0.737. The normalized spacial score (nSPS) is 10.9. The third kappa shape index (κ3) is 2.60. The lowest BCUT2D eigenvalue weighted by Crippen LogP contribution is -2.10. The molecule has 0 aromatic carbocycles. The van der Waals surface area contributed by atoms with Gasteiger partial charge >= 0.3 is 0 Å². The van der Waals surface area contributed by atoms with Crippen LogP contribution in [0.15, 0.2) is 16.0 Å². The highest BCUT2D eigenvalue weighted by molar-refractivity contribution is 7.98. The van der Waals surface area contributed by atoms with Crippen molar-refractivity contribution in [2.24, 2.45) is 7.05 Å². The molecule has 1 N–H and O–H groups in total. The van der Waals surface area contributed by atoms with Crippen LogP contribution >= 0.6 is 23.1 Å². The predicted octanol–water partition coefficient (Wildman–Crippen LogP) is 1.28. The summed E-state index contributed by atoms with van der Waals surface area (Å²) in [5.41, 5.74) is 2.94. The Bertz CT molecular complexity index is 437. The highest BCUT2D eigenvalue weighted by atomic mass is 32.2. The van der Waals surface area contributed by atoms with E-state index in [1.54, 1.807) is 23.1 Å². The molecule has 0 atom stereocenters. The molecule has 0 aliphatic heterocycles. The summed E-state index contributed by atoms with van der Waals surface area (Å²) in [5, 5.41) is 14.3. The lowest BCUT2D eigenvalue weighted by molar-refractivity contribution is 0.682. The van der Waals surface area contributed by atoms with Crippen molar-refractivity contribution >= 4 is 23.1 Å². The lowest BCUT2D eigenvalue weighted by atomic mass is 10.6. The quantitative estimate of drug-likeness (QED) is 0.816. The molecule has 0 radical (unpaired) electrons. The summed E-state index contributed by atoms with van der Waals surface area (Å²) in [5.74, 6) is 1.79. The summed E-state index contributed by atoms with van der Waals surface area (Å²) in [6.45, 7) is 0.737. The van der Waals surface area contributed by atoms with Gasteiger partial charge in [-0.15, -0.1) is 21.5 Å². The van der Waals surface area contributed by atoms with Gasteiger partial charge in [-0.25, -0.2) is 4.98 Å². The number of nitrogens with zero attached hydrogens (tertiary/aromatic N) is 4. The van der Waals surface area contributed by atoms with Crippen LogP contribution < -0.4 is 5.32 Å². The van der Waals surface area contributed by atoms with Crippen LogP contribution in [0.4, 0.5) is 0 Å². The summed E-state index contributed by atoms with van der Waals surface area (Å²) >= 11 is 3.27. The molecule has 2 aromatic rings. The highest BCUT2D eigenvalue weighted by Gasteiger charge is 2.08. The van der Waals surface area contributed by atoms with E-state index >= 15 is 0 Å². The van der Waals surface area contributed by atoms with Crippen molar-refractivity contribution in [3.8, 4) is 0 Å². The van der Waals surface area contributed by atoms with E-state index in [9.17, 15) is 0 Å². The fourth-order valence-electron chi connectivity index (χ4n) is 1.23. The number of thioether (sulfide) groups is 1. The number of nitrogens with one attached hydrogen (secondary N) is 1. The van der Waals surface area contributed by atoms with Crippen LogP contribution in [0.25, 0.3) is 0 Å². The zero-order chi connectivity index (χ0) is 11.4. The molecule has 0 aliphatic carbocycles. The molecule has 2 rings (SSSR count). The largest absolute Gasteiger partial charge is 0.313 e. The van der Waals surface area contributed by atoms with Gasteiger partial charge in [0.1, 0.15) is 5.82 Å². The first-order chi connectivity index (χ1) is 7.81. The van der Waals surface area contributed by atoms with Crippen LogP contribution in [0.1, 0.15) is 11.5 Å². The van der Waals surface area contributed by atoms with Crippen molar-refractivity contribution in [2.45, 2.75) is 17.5 Å². The van der Waals surface area contributed by atoms with Crippen LogP contribution in [0.5, 0.6) is 0 Å². The molecule has 7 heteroatoms. The number of aromatic nitrogens is 4. The molecule has 16 heavy (non-hydrogen) atoms. The van der Waals surface area contributed by atoms with Gasteiger partial charge in [0.2, 0.25) is 0 Å². The minimum Gasteiger partial charge on any atom is -0.313 e. The monoisotopic (exact) mass is 255 g/mol. The molecule has 2 heterocycles. The van der Waals surface area contributed by atoms with Crippen LogP contribution in [0.3, 0.4) is 0 Å². The van der Waals surface area contributed by atoms with Crippen LogP contribution in [0, 0.1) is 0 Å². The molecule has 5 nitrogen and oxygen atoms in total. The third-order valence-corrected chi connectivity index (χ3v) is 3.78. The summed E-state index contributed by atoms with van der Waals surface area (Å²) in [6.07, 6.45) is 0. The number of rotatable bonds is 5. The first-order valence-corrected chi connectivity index (χ1v) is 6.77. The predicted molar refractivity (Wildman–Crippen MR) is 65.4 cm³/mol. The van der Waals surface area contributed by atoms with Crippen molar-refractivity contribution in [3.63, 3.8) is 0 Å². The Labute approximate surface area is 102 Å². The Hall–Kier alpha value is -0.920. The molecular weight excluding hydrogens is 242 g/mol. The van der Waals surface area contributed by atoms with Crippen LogP contribution in [0.2, 0.25) is 0 Å². The van der Waals surface area contributed by atoms with Gasteiger partial charge in [0.25, 0.3) is 0 Å². The highest BCUT2D eigenvalue weighted by Crippen LogP contribution is 2.20. The molecule has 0 bridgehead atoms. The van der Waals surface area contributed by atoms with Crippen LogP contribution in [-0.2, 0) is 19.3 Å². The number of hydrogen-bond acceptors (Lipinski definition) is 6. The van der Waals surface area contributed by atoms with E-state index in [1.165, 1.54) is 0 Å². The van der Waals surface area contributed by atoms with Crippen molar-refractivity contribution in [1.29, 1.82) is 0 Å². The maximum atomic E-state index is 4.23. The Morgan fingerprint density at radius 3 is 3.06 bits per heavy atom. The zero-order valence-electron chi connectivity index (χ0n) is 9.17. The molecule has 0 amide bonds. The Morgan fingerprint density at radius 1 is 1.50 bits per heavy atom. The van der Waals surface area contributed by atoms with Crippen LogP contribution in [-0.4, -0.2) is 26.8 Å². The van der Waals surface area contributed by atoms with E-state index in [0.717, 1.165) is 29.0 Å². The summed E-state index contributed by atoms with van der Waals surface area (Å²) < 4.78 is 2.01. The standard InChI is InChI=1S/C9H13N5S2/c1-10-3-8-12-13-9(14(8)2)16-5-7-4-15-6-11-7/h4,6,10H,3,5H2,1-2H3. The summed E-state index contributed by atoms with van der Waals surface area (Å²) in [7, 11) is 3.88. The average Bonchev–Trinajstić information content (AvgIpc) is 2.89. The van der Waals surface area contributed by atoms with Gasteiger partial charge in [-0.3, -0.25) is 0 Å². The summed E-state index contributed by atoms with van der Waals surface area (Å²) in [4.78, 5) is 4.23. The third-order valence-electron chi connectivity index (χ3n) is 2.09. The van der Waals surface area contributed by atoms with Crippen molar-refractivity contribution in [1.82, 2.24) is 25.1 Å². The fraction of sp³-hybridized carbons (Fsp3) is 0.444. The molecule has 86 valence electrons. The van der Waals surface area contributed by atoms with Gasteiger partial charge in [0.15, 0.2) is 5.16 Å². The molecule has 0 spiro atoms. The fourth-order valence-corrected chi connectivity index (χ4v) is 2.73. The SMILES string of the molecule is CNCc1nnc(SCc2cscn2)n1C. The second-order valence-corrected chi connectivity index (χ2v) is 4.92. The Balaban J connectivity index is 1.99. The van der Waals surface area contributed by atoms with E-state index in [1.807, 2.05) is 24.2 Å². The van der Waals surface area contributed by atoms with Gasteiger partial charge in [0.05, 0.1) is 17.7 Å². The zero-order valence-corrected chi connectivity index (χ0v) is 10.8. The van der Waals surface area contributed by atoms with E-state index in [0.29, 0.717) is 0 Å². The second kappa shape index (κ2) is 5.42. The van der Waals surface area contributed by atoms with Gasteiger partial charge in [-0.2, -0.15) is 0 Å². The van der Waals surface area contributed by atoms with Crippen molar-refractivity contribution < 1.29 is 0 Å². The number of hydrogen-bond donors (Lipinski definition) is 1. The maximum absolute atomic E-state index is 4.23. The lowest BCUT2D eigenvalue weighted by Gasteiger charge is -2.01. The molecule has 0 unspecified atom stereocenters. The second-order valence-electron chi connectivity index (χ2n) is 3.26. The maximum Gasteiger partial charge on any atom is 0.191 e. The first kappa shape index (κ1) is 11.6. The molecular formula is C9H13N5S2. The topological polar surface area (TPSA) is 55.6 Å². The summed E-state index contributed by atoms with van der Waals surface area (Å²) in [6, 6.07) is 0. The van der Waals surface area contributed by atoms with E-state index in [2.05, 4.69) is 25.9 Å². The Kier molecular flexibility index (Phi) is 3.92. The van der Waals surface area contributed by atoms with E-state index in [-0.39, 0.29) is 0 Å².